The second-order valence-electron chi connectivity index (χ2n) is 2.12. The number of hydrogen-bond donors (Lipinski definition) is 0. The van der Waals surface area contributed by atoms with Crippen molar-refractivity contribution >= 4 is 15.9 Å². The van der Waals surface area contributed by atoms with Crippen LogP contribution in [0.5, 0.6) is 0 Å². The Kier molecular flexibility index (Phi) is 1.91. The fraction of sp³-hybridized carbons (Fsp3) is 0.250. The van der Waals surface area contributed by atoms with Gasteiger partial charge in [0.2, 0.25) is 0 Å². The summed E-state index contributed by atoms with van der Waals surface area (Å²) in [5.74, 6) is 0. The van der Waals surface area contributed by atoms with E-state index < -0.39 is 0 Å². The molecule has 0 saturated heterocycles. The van der Waals surface area contributed by atoms with Crippen LogP contribution in [-0.4, -0.2) is 4.32 Å². The van der Waals surface area contributed by atoms with Crippen LogP contribution in [0.15, 0.2) is 37.0 Å². The highest BCUT2D eigenvalue weighted by atomic mass is 79.9. The molecule has 1 rings (SSSR count). The molecule has 0 amide bonds. The third-order valence-electron chi connectivity index (χ3n) is 1.39. The molecule has 48 valence electrons. The predicted molar refractivity (Wildman–Crippen MR) is 44.8 cm³/mol. The van der Waals surface area contributed by atoms with Gasteiger partial charge in [0.25, 0.3) is 0 Å². The fourth-order valence-corrected chi connectivity index (χ4v) is 1.10. The zero-order valence-corrected chi connectivity index (χ0v) is 6.76. The van der Waals surface area contributed by atoms with Crippen LogP contribution in [0.3, 0.4) is 0 Å². The minimum Gasteiger partial charge on any atom is -0.101 e. The minimum absolute atomic E-state index is 0.0295. The van der Waals surface area contributed by atoms with Gasteiger partial charge in [0.1, 0.15) is 0 Å². The highest BCUT2D eigenvalue weighted by Gasteiger charge is 2.17. The van der Waals surface area contributed by atoms with Gasteiger partial charge in [-0.3, -0.25) is 0 Å². The monoisotopic (exact) mass is 184 g/mol. The lowest BCUT2D eigenvalue weighted by molar-refractivity contribution is 0.903. The summed E-state index contributed by atoms with van der Waals surface area (Å²) in [6, 6.07) is 0. The average Bonchev–Trinajstić information content (AvgIpc) is 1.90. The zero-order valence-electron chi connectivity index (χ0n) is 5.18. The Morgan fingerprint density at radius 1 is 1.56 bits per heavy atom. The molecule has 1 atom stereocenters. The summed E-state index contributed by atoms with van der Waals surface area (Å²) >= 11 is 3.54. The van der Waals surface area contributed by atoms with Crippen LogP contribution in [0, 0.1) is 0 Å². The standard InChI is InChI=1S/C8H9Br/c1-2-8(9)6-4-3-5-7-8/h2-6H,1,7H2. The molecule has 0 nitrogen and oxygen atoms in total. The van der Waals surface area contributed by atoms with Crippen molar-refractivity contribution in [2.45, 2.75) is 10.7 Å². The normalized spacial score (nSPS) is 32.6. The molecule has 0 heterocycles. The third-order valence-corrected chi connectivity index (χ3v) is 2.30. The molecular formula is C8H9Br. The van der Waals surface area contributed by atoms with Gasteiger partial charge < -0.3 is 0 Å². The Bertz CT molecular complexity index is 167. The first-order valence-corrected chi connectivity index (χ1v) is 3.73. The van der Waals surface area contributed by atoms with Gasteiger partial charge in [-0.2, -0.15) is 0 Å². The second-order valence-corrected chi connectivity index (χ2v) is 3.60. The van der Waals surface area contributed by atoms with Gasteiger partial charge in [0, 0.05) is 0 Å². The van der Waals surface area contributed by atoms with Crippen LogP contribution in [0.4, 0.5) is 0 Å². The number of hydrogen-bond acceptors (Lipinski definition) is 0. The number of alkyl halides is 1. The van der Waals surface area contributed by atoms with E-state index in [-0.39, 0.29) is 4.32 Å². The Hall–Kier alpha value is -0.300. The highest BCUT2D eigenvalue weighted by Crippen LogP contribution is 2.28. The maximum Gasteiger partial charge on any atom is 0.0651 e. The molecule has 0 aromatic heterocycles. The molecule has 0 fully saturated rings. The van der Waals surface area contributed by atoms with Crippen LogP contribution >= 0.6 is 15.9 Å². The topological polar surface area (TPSA) is 0 Å². The summed E-state index contributed by atoms with van der Waals surface area (Å²) < 4.78 is 0.0295. The first kappa shape index (κ1) is 6.81. The Labute approximate surface area is 64.1 Å². The fourth-order valence-electron chi connectivity index (χ4n) is 0.762. The lowest BCUT2D eigenvalue weighted by Crippen LogP contribution is -2.12. The summed E-state index contributed by atoms with van der Waals surface area (Å²) in [6.45, 7) is 3.72. The van der Waals surface area contributed by atoms with Gasteiger partial charge in [0.05, 0.1) is 4.32 Å². The van der Waals surface area contributed by atoms with Crippen molar-refractivity contribution in [3.05, 3.63) is 37.0 Å². The average molecular weight is 185 g/mol. The maximum absolute atomic E-state index is 3.72. The van der Waals surface area contributed by atoms with Crippen LogP contribution in [0.25, 0.3) is 0 Å². The molecule has 1 aliphatic rings. The van der Waals surface area contributed by atoms with Crippen molar-refractivity contribution in [3.8, 4) is 0 Å². The van der Waals surface area contributed by atoms with Gasteiger partial charge >= 0.3 is 0 Å². The van der Waals surface area contributed by atoms with Gasteiger partial charge in [-0.1, -0.05) is 46.3 Å². The number of halogens is 1. The molecule has 1 heteroatoms. The van der Waals surface area contributed by atoms with Crippen LogP contribution < -0.4 is 0 Å². The molecule has 0 aromatic carbocycles. The molecule has 0 aromatic rings. The van der Waals surface area contributed by atoms with Gasteiger partial charge in [-0.25, -0.2) is 0 Å². The first-order valence-electron chi connectivity index (χ1n) is 2.94. The highest BCUT2D eigenvalue weighted by molar-refractivity contribution is 9.10. The van der Waals surface area contributed by atoms with Crippen LogP contribution in [0.1, 0.15) is 6.42 Å². The van der Waals surface area contributed by atoms with Gasteiger partial charge in [-0.05, 0) is 6.42 Å². The van der Waals surface area contributed by atoms with Crippen molar-refractivity contribution < 1.29 is 0 Å². The Morgan fingerprint density at radius 2 is 2.33 bits per heavy atom. The van der Waals surface area contributed by atoms with E-state index in [4.69, 9.17) is 0 Å². The van der Waals surface area contributed by atoms with E-state index in [1.54, 1.807) is 0 Å². The number of rotatable bonds is 1. The molecule has 1 unspecified atom stereocenters. The Balaban J connectivity index is 2.73. The van der Waals surface area contributed by atoms with E-state index in [0.29, 0.717) is 0 Å². The Morgan fingerprint density at radius 3 is 2.67 bits per heavy atom. The third kappa shape index (κ3) is 1.55. The van der Waals surface area contributed by atoms with Crippen molar-refractivity contribution in [2.75, 3.05) is 0 Å². The lowest BCUT2D eigenvalue weighted by atomic mass is 10.0. The van der Waals surface area contributed by atoms with Crippen molar-refractivity contribution in [1.29, 1.82) is 0 Å². The van der Waals surface area contributed by atoms with Crippen LogP contribution in [0.2, 0.25) is 0 Å². The number of allylic oxidation sites excluding steroid dienone is 5. The van der Waals surface area contributed by atoms with E-state index in [1.165, 1.54) is 0 Å². The van der Waals surface area contributed by atoms with E-state index in [2.05, 4.69) is 34.7 Å². The molecule has 0 radical (unpaired) electrons. The van der Waals surface area contributed by atoms with Crippen molar-refractivity contribution in [1.82, 2.24) is 0 Å². The predicted octanol–water partition coefficient (Wildman–Crippen LogP) is 2.82. The maximum atomic E-state index is 3.72. The van der Waals surface area contributed by atoms with E-state index >= 15 is 0 Å². The molecule has 9 heavy (non-hydrogen) atoms. The zero-order chi connectivity index (χ0) is 6.74. The molecule has 0 N–H and O–H groups in total. The second kappa shape index (κ2) is 2.53. The molecule has 1 aliphatic carbocycles. The van der Waals surface area contributed by atoms with E-state index in [9.17, 15) is 0 Å². The molecule has 0 bridgehead atoms. The van der Waals surface area contributed by atoms with E-state index in [0.717, 1.165) is 6.42 Å². The van der Waals surface area contributed by atoms with Gasteiger partial charge in [-0.15, -0.1) is 6.58 Å². The molecule has 0 aliphatic heterocycles. The largest absolute Gasteiger partial charge is 0.101 e. The summed E-state index contributed by atoms with van der Waals surface area (Å²) in [5.41, 5.74) is 0. The molecular weight excluding hydrogens is 176 g/mol. The molecule has 0 spiro atoms. The van der Waals surface area contributed by atoms with E-state index in [1.807, 2.05) is 18.2 Å². The van der Waals surface area contributed by atoms with Crippen molar-refractivity contribution in [3.63, 3.8) is 0 Å². The van der Waals surface area contributed by atoms with Crippen LogP contribution in [-0.2, 0) is 0 Å². The summed E-state index contributed by atoms with van der Waals surface area (Å²) in [4.78, 5) is 0. The first-order chi connectivity index (χ1) is 4.27. The quantitative estimate of drug-likeness (QED) is 0.435. The van der Waals surface area contributed by atoms with Crippen molar-refractivity contribution in [2.24, 2.45) is 0 Å². The summed E-state index contributed by atoms with van der Waals surface area (Å²) in [5, 5.41) is 0. The molecule has 0 saturated carbocycles. The summed E-state index contributed by atoms with van der Waals surface area (Å²) in [6.07, 6.45) is 11.2. The lowest BCUT2D eigenvalue weighted by Gasteiger charge is -2.18. The van der Waals surface area contributed by atoms with Gasteiger partial charge in [0.15, 0.2) is 0 Å². The summed E-state index contributed by atoms with van der Waals surface area (Å²) in [7, 11) is 0. The minimum atomic E-state index is 0.0295. The smallest absolute Gasteiger partial charge is 0.0651 e. The SMILES string of the molecule is C=CC1(Br)C=CC=CC1.